The first kappa shape index (κ1) is 31.1. The van der Waals surface area contributed by atoms with Gasteiger partial charge in [0, 0.05) is 11.3 Å². The smallest absolute Gasteiger partial charge is 0.301 e. The molecular weight excluding hydrogens is 608 g/mol. The summed E-state index contributed by atoms with van der Waals surface area (Å²) in [6, 6.07) is 15.3. The third kappa shape index (κ3) is 6.61. The molecule has 8 nitrogen and oxygen atoms in total. The van der Waals surface area contributed by atoms with Crippen LogP contribution in [0.15, 0.2) is 76.6 Å². The fourth-order valence-electron chi connectivity index (χ4n) is 4.63. The quantitative estimate of drug-likeness (QED) is 0.0431. The number of Topliss-reactive ketones (excluding diaryl/α,β-unsaturated/α-hetero) is 1. The molecule has 44 heavy (non-hydrogen) atoms. The Morgan fingerprint density at radius 1 is 1.00 bits per heavy atom. The number of ketones is 1. The van der Waals surface area contributed by atoms with E-state index >= 15 is 0 Å². The maximum absolute atomic E-state index is 14.2. The van der Waals surface area contributed by atoms with Crippen molar-refractivity contribution in [2.75, 3.05) is 18.1 Å². The Bertz CT molecular complexity index is 1690. The predicted molar refractivity (Wildman–Crippen MR) is 165 cm³/mol. The van der Waals surface area contributed by atoms with E-state index in [1.807, 2.05) is 6.92 Å². The molecule has 0 spiro atoms. The third-order valence-corrected chi connectivity index (χ3v) is 8.92. The zero-order valence-corrected chi connectivity index (χ0v) is 25.6. The van der Waals surface area contributed by atoms with E-state index in [-0.39, 0.29) is 27.8 Å². The van der Waals surface area contributed by atoms with E-state index in [2.05, 4.69) is 17.1 Å². The Kier molecular flexibility index (Phi) is 9.91. The monoisotopic (exact) mass is 637 g/mol. The number of hydrogen-bond donors (Lipinski definition) is 1. The van der Waals surface area contributed by atoms with Crippen molar-refractivity contribution < 1.29 is 33.0 Å². The zero-order chi connectivity index (χ0) is 31.2. The van der Waals surface area contributed by atoms with Crippen LogP contribution in [0.5, 0.6) is 11.5 Å². The number of aromatic nitrogens is 2. The fraction of sp³-hybridized carbons (Fsp3) is 0.250. The molecule has 0 radical (unpaired) electrons. The number of carbonyl (C=O) groups excluding carboxylic acids is 2. The lowest BCUT2D eigenvalue weighted by atomic mass is 9.95. The van der Waals surface area contributed by atoms with Crippen molar-refractivity contribution in [2.24, 2.45) is 0 Å². The van der Waals surface area contributed by atoms with Crippen molar-refractivity contribution in [1.82, 2.24) is 10.2 Å². The third-order valence-electron chi connectivity index (χ3n) is 6.81. The molecule has 0 bridgehead atoms. The molecule has 228 valence electrons. The molecule has 1 atom stereocenters. The molecule has 1 aromatic heterocycles. The van der Waals surface area contributed by atoms with Gasteiger partial charge in [0.2, 0.25) is 5.13 Å². The van der Waals surface area contributed by atoms with Crippen molar-refractivity contribution in [2.45, 2.75) is 42.8 Å². The summed E-state index contributed by atoms with van der Waals surface area (Å²) in [4.78, 5) is 28.3. The van der Waals surface area contributed by atoms with Gasteiger partial charge in [0.1, 0.15) is 17.4 Å². The number of unbranched alkanes of at least 4 members (excludes halogenated alkanes) is 1. The molecule has 3 aromatic carbocycles. The molecule has 1 saturated heterocycles. The molecular formula is C32H29F2N3O5S2. The SMILES string of the molecule is CCCCOc1ccc(C2C(=C(O)c3ccc(F)cc3)C(=O)C(=O)N2c2nnc(SCc3ccccc3F)s2)cc1OCC. The number of aliphatic hydroxyl groups excluding tert-OH is 1. The minimum Gasteiger partial charge on any atom is -0.507 e. The predicted octanol–water partition coefficient (Wildman–Crippen LogP) is 7.31. The van der Waals surface area contributed by atoms with Crippen LogP contribution in [-0.4, -0.2) is 40.2 Å². The summed E-state index contributed by atoms with van der Waals surface area (Å²) >= 11 is 2.30. The van der Waals surface area contributed by atoms with E-state index in [0.717, 1.165) is 36.3 Å². The Balaban J connectivity index is 1.57. The zero-order valence-electron chi connectivity index (χ0n) is 24.0. The Labute approximate surface area is 261 Å². The van der Waals surface area contributed by atoms with Gasteiger partial charge >= 0.3 is 5.91 Å². The minimum absolute atomic E-state index is 0.118. The Morgan fingerprint density at radius 3 is 2.50 bits per heavy atom. The van der Waals surface area contributed by atoms with Crippen LogP contribution in [0.25, 0.3) is 5.76 Å². The molecule has 1 fully saturated rings. The lowest BCUT2D eigenvalue weighted by molar-refractivity contribution is -0.132. The molecule has 5 rings (SSSR count). The molecule has 1 aliphatic rings. The number of carbonyl (C=O) groups is 2. The summed E-state index contributed by atoms with van der Waals surface area (Å²) in [6.07, 6.45) is 1.79. The van der Waals surface area contributed by atoms with Crippen LogP contribution >= 0.6 is 23.1 Å². The van der Waals surface area contributed by atoms with Crippen molar-refractivity contribution >= 4 is 45.7 Å². The van der Waals surface area contributed by atoms with Gasteiger partial charge in [-0.25, -0.2) is 8.78 Å². The highest BCUT2D eigenvalue weighted by atomic mass is 32.2. The van der Waals surface area contributed by atoms with Gasteiger partial charge in [0.15, 0.2) is 15.8 Å². The second-order valence-electron chi connectivity index (χ2n) is 9.75. The maximum Gasteiger partial charge on any atom is 0.301 e. The van der Waals surface area contributed by atoms with E-state index in [0.29, 0.717) is 40.2 Å². The molecule has 0 saturated carbocycles. The normalized spacial score (nSPS) is 16.0. The number of thioether (sulfide) groups is 1. The molecule has 1 aliphatic heterocycles. The highest BCUT2D eigenvalue weighted by Gasteiger charge is 2.48. The van der Waals surface area contributed by atoms with E-state index in [9.17, 15) is 23.5 Å². The lowest BCUT2D eigenvalue weighted by Crippen LogP contribution is -2.29. The molecule has 1 amide bonds. The average molecular weight is 638 g/mol. The van der Waals surface area contributed by atoms with Crippen LogP contribution in [0.1, 0.15) is 49.4 Å². The van der Waals surface area contributed by atoms with Gasteiger partial charge in [-0.3, -0.25) is 14.5 Å². The molecule has 12 heteroatoms. The largest absolute Gasteiger partial charge is 0.507 e. The number of nitrogens with zero attached hydrogens (tertiary/aromatic N) is 3. The summed E-state index contributed by atoms with van der Waals surface area (Å²) in [5.74, 6) is -1.98. The van der Waals surface area contributed by atoms with Crippen molar-refractivity contribution in [1.29, 1.82) is 0 Å². The van der Waals surface area contributed by atoms with Gasteiger partial charge in [0.05, 0.1) is 24.8 Å². The van der Waals surface area contributed by atoms with Crippen molar-refractivity contribution in [3.05, 3.63) is 101 Å². The van der Waals surface area contributed by atoms with Crippen LogP contribution in [0.4, 0.5) is 13.9 Å². The summed E-state index contributed by atoms with van der Waals surface area (Å²) < 4.78 is 40.0. The number of anilines is 1. The van der Waals surface area contributed by atoms with Gasteiger partial charge in [-0.2, -0.15) is 0 Å². The number of rotatable bonds is 12. The number of benzene rings is 3. The first-order valence-electron chi connectivity index (χ1n) is 14.0. The maximum atomic E-state index is 14.2. The summed E-state index contributed by atoms with van der Waals surface area (Å²) in [5.41, 5.74) is 0.908. The highest BCUT2D eigenvalue weighted by molar-refractivity contribution is 8.00. The summed E-state index contributed by atoms with van der Waals surface area (Å²) in [5, 5.41) is 19.8. The van der Waals surface area contributed by atoms with Crippen molar-refractivity contribution in [3.8, 4) is 11.5 Å². The summed E-state index contributed by atoms with van der Waals surface area (Å²) in [6.45, 7) is 4.70. The van der Waals surface area contributed by atoms with E-state index in [4.69, 9.17) is 9.47 Å². The lowest BCUT2D eigenvalue weighted by Gasteiger charge is -2.23. The summed E-state index contributed by atoms with van der Waals surface area (Å²) in [7, 11) is 0. The van der Waals surface area contributed by atoms with Gasteiger partial charge in [-0.1, -0.05) is 60.7 Å². The van der Waals surface area contributed by atoms with E-state index in [1.165, 1.54) is 34.9 Å². The number of hydrogen-bond acceptors (Lipinski definition) is 9. The van der Waals surface area contributed by atoms with Crippen LogP contribution in [0.3, 0.4) is 0 Å². The second kappa shape index (κ2) is 14.0. The van der Waals surface area contributed by atoms with Crippen LogP contribution in [0, 0.1) is 11.6 Å². The number of halogens is 2. The van der Waals surface area contributed by atoms with Crippen molar-refractivity contribution in [3.63, 3.8) is 0 Å². The first-order valence-corrected chi connectivity index (χ1v) is 15.8. The van der Waals surface area contributed by atoms with E-state index < -0.39 is 29.3 Å². The topological polar surface area (TPSA) is 102 Å². The van der Waals surface area contributed by atoms with Gasteiger partial charge < -0.3 is 14.6 Å². The van der Waals surface area contributed by atoms with Crippen LogP contribution in [0.2, 0.25) is 0 Å². The van der Waals surface area contributed by atoms with Crippen LogP contribution in [-0.2, 0) is 15.3 Å². The second-order valence-corrected chi connectivity index (χ2v) is 11.9. The minimum atomic E-state index is -1.11. The Morgan fingerprint density at radius 2 is 1.77 bits per heavy atom. The van der Waals surface area contributed by atoms with E-state index in [1.54, 1.807) is 36.4 Å². The number of ether oxygens (including phenoxy) is 2. The number of amides is 1. The Hall–Kier alpha value is -4.29. The molecule has 1 unspecified atom stereocenters. The number of aliphatic hydroxyl groups is 1. The van der Waals surface area contributed by atoms with Gasteiger partial charge in [-0.05, 0) is 66.9 Å². The average Bonchev–Trinajstić information content (AvgIpc) is 3.59. The molecule has 4 aromatic rings. The molecule has 0 aliphatic carbocycles. The molecule has 1 N–H and O–H groups in total. The fourth-order valence-corrected chi connectivity index (χ4v) is 6.48. The first-order chi connectivity index (χ1) is 21.3. The van der Waals surface area contributed by atoms with Gasteiger partial charge in [0.25, 0.3) is 5.78 Å². The standard InChI is InChI=1S/C32H29F2N3O5S2/c1-3-5-16-42-24-15-12-20(17-25(24)41-4-2)27-26(28(38)19-10-13-22(33)14-11-19)29(39)30(40)37(27)31-35-36-32(44-31)43-18-21-8-6-7-9-23(21)34/h6-15,17,27,38H,3-5,16,18H2,1-2H3. The highest BCUT2D eigenvalue weighted by Crippen LogP contribution is 2.45. The van der Waals surface area contributed by atoms with Gasteiger partial charge in [-0.15, -0.1) is 10.2 Å². The molecule has 2 heterocycles. The van der Waals surface area contributed by atoms with Crippen LogP contribution < -0.4 is 14.4 Å².